The van der Waals surface area contributed by atoms with Crippen molar-refractivity contribution in [3.63, 3.8) is 0 Å². The fourth-order valence-electron chi connectivity index (χ4n) is 3.15. The van der Waals surface area contributed by atoms with Gasteiger partial charge >= 0.3 is 0 Å². The van der Waals surface area contributed by atoms with Crippen LogP contribution in [0, 0.1) is 11.8 Å². The second-order valence-corrected chi connectivity index (χ2v) is 6.08. The molecule has 1 aliphatic heterocycles. The summed E-state index contributed by atoms with van der Waals surface area (Å²) >= 11 is 0. The zero-order chi connectivity index (χ0) is 13.8. The van der Waals surface area contributed by atoms with Crippen LogP contribution in [0.1, 0.15) is 45.6 Å². The first-order valence-electron chi connectivity index (χ1n) is 7.60. The lowest BCUT2D eigenvalue weighted by molar-refractivity contribution is 0.167. The average molecular weight is 261 g/mol. The van der Waals surface area contributed by atoms with Crippen LogP contribution >= 0.6 is 0 Å². The summed E-state index contributed by atoms with van der Waals surface area (Å²) in [5, 5.41) is 3.75. The van der Waals surface area contributed by atoms with E-state index in [0.29, 0.717) is 23.8 Å². The zero-order valence-electron chi connectivity index (χ0n) is 12.6. The van der Waals surface area contributed by atoms with Crippen molar-refractivity contribution in [2.24, 2.45) is 11.8 Å². The lowest BCUT2D eigenvalue weighted by Crippen LogP contribution is -2.44. The minimum Gasteiger partial charge on any atom is -0.493 e. The van der Waals surface area contributed by atoms with Crippen molar-refractivity contribution in [2.75, 3.05) is 13.2 Å². The van der Waals surface area contributed by atoms with Gasteiger partial charge in [-0.05, 0) is 36.4 Å². The van der Waals surface area contributed by atoms with Crippen molar-refractivity contribution in [2.45, 2.75) is 46.1 Å². The summed E-state index contributed by atoms with van der Waals surface area (Å²) in [5.41, 5.74) is 1.38. The average Bonchev–Trinajstić information content (AvgIpc) is 2.41. The van der Waals surface area contributed by atoms with Crippen molar-refractivity contribution >= 4 is 0 Å². The fraction of sp³-hybridized carbons (Fsp3) is 0.647. The first kappa shape index (κ1) is 14.4. The van der Waals surface area contributed by atoms with E-state index in [1.807, 2.05) is 0 Å². The van der Waals surface area contributed by atoms with Crippen LogP contribution in [0.2, 0.25) is 0 Å². The molecule has 1 aromatic rings. The molecule has 0 aromatic heterocycles. The second-order valence-electron chi connectivity index (χ2n) is 6.08. The Kier molecular flexibility index (Phi) is 4.87. The molecule has 106 valence electrons. The van der Waals surface area contributed by atoms with Crippen LogP contribution in [-0.2, 0) is 0 Å². The minimum absolute atomic E-state index is 0.528. The van der Waals surface area contributed by atoms with Crippen molar-refractivity contribution in [1.29, 1.82) is 0 Å². The predicted molar refractivity (Wildman–Crippen MR) is 80.8 cm³/mol. The van der Waals surface area contributed by atoms with E-state index >= 15 is 0 Å². The molecule has 0 bridgehead atoms. The number of hydrogen-bond acceptors (Lipinski definition) is 2. The summed E-state index contributed by atoms with van der Waals surface area (Å²) < 4.78 is 5.87. The molecule has 0 aliphatic carbocycles. The van der Waals surface area contributed by atoms with E-state index < -0.39 is 0 Å². The van der Waals surface area contributed by atoms with Gasteiger partial charge in [0.15, 0.2) is 0 Å². The SMILES string of the molecule is CCCNC(C(C)C)C1c2ccccc2OCC1C. The molecule has 19 heavy (non-hydrogen) atoms. The van der Waals surface area contributed by atoms with Gasteiger partial charge in [0.1, 0.15) is 5.75 Å². The predicted octanol–water partition coefficient (Wildman–Crippen LogP) is 3.82. The lowest BCUT2D eigenvalue weighted by Gasteiger charge is -2.39. The quantitative estimate of drug-likeness (QED) is 0.870. The molecule has 1 aromatic carbocycles. The largest absolute Gasteiger partial charge is 0.493 e. The molecular formula is C17H27NO. The molecule has 0 fully saturated rings. The van der Waals surface area contributed by atoms with Crippen LogP contribution in [0.5, 0.6) is 5.75 Å². The summed E-state index contributed by atoms with van der Waals surface area (Å²) in [6.07, 6.45) is 1.18. The van der Waals surface area contributed by atoms with E-state index in [1.54, 1.807) is 0 Å². The van der Waals surface area contributed by atoms with Crippen LogP contribution in [0.4, 0.5) is 0 Å². The molecule has 0 radical (unpaired) electrons. The molecule has 2 rings (SSSR count). The summed E-state index contributed by atoms with van der Waals surface area (Å²) in [6.45, 7) is 11.1. The standard InChI is InChI=1S/C17H27NO/c1-5-10-18-17(12(2)3)16-13(4)11-19-15-9-7-6-8-14(15)16/h6-9,12-13,16-18H,5,10-11H2,1-4H3. The van der Waals surface area contributed by atoms with E-state index in [1.165, 1.54) is 12.0 Å². The van der Waals surface area contributed by atoms with Gasteiger partial charge in [-0.15, -0.1) is 0 Å². The van der Waals surface area contributed by atoms with Crippen LogP contribution < -0.4 is 10.1 Å². The molecule has 1 aliphatic rings. The van der Waals surface area contributed by atoms with Crippen LogP contribution in [0.15, 0.2) is 24.3 Å². The number of fused-ring (bicyclic) bond motifs is 1. The summed E-state index contributed by atoms with van der Waals surface area (Å²) in [6, 6.07) is 9.06. The smallest absolute Gasteiger partial charge is 0.122 e. The molecule has 0 amide bonds. The highest BCUT2D eigenvalue weighted by atomic mass is 16.5. The molecule has 1 heterocycles. The molecule has 0 saturated carbocycles. The minimum atomic E-state index is 0.528. The molecule has 2 nitrogen and oxygen atoms in total. The molecule has 3 atom stereocenters. The Hall–Kier alpha value is -1.02. The first-order valence-corrected chi connectivity index (χ1v) is 7.60. The Balaban J connectivity index is 2.29. The normalized spacial score (nSPS) is 23.8. The van der Waals surface area contributed by atoms with Crippen molar-refractivity contribution in [1.82, 2.24) is 5.32 Å². The Bertz CT molecular complexity index is 402. The van der Waals surface area contributed by atoms with Crippen molar-refractivity contribution in [3.05, 3.63) is 29.8 Å². The van der Waals surface area contributed by atoms with E-state index in [0.717, 1.165) is 18.9 Å². The fourth-order valence-corrected chi connectivity index (χ4v) is 3.15. The van der Waals surface area contributed by atoms with Gasteiger partial charge in [-0.25, -0.2) is 0 Å². The molecule has 2 heteroatoms. The highest BCUT2D eigenvalue weighted by Crippen LogP contribution is 2.40. The van der Waals surface area contributed by atoms with Crippen LogP contribution in [0.3, 0.4) is 0 Å². The van der Waals surface area contributed by atoms with Crippen molar-refractivity contribution in [3.8, 4) is 5.75 Å². The monoisotopic (exact) mass is 261 g/mol. The van der Waals surface area contributed by atoms with E-state index in [4.69, 9.17) is 4.74 Å². The summed E-state index contributed by atoms with van der Waals surface area (Å²) in [5.74, 6) is 2.82. The number of para-hydroxylation sites is 1. The van der Waals surface area contributed by atoms with Gasteiger partial charge in [0.05, 0.1) is 6.61 Å². The van der Waals surface area contributed by atoms with Crippen LogP contribution in [-0.4, -0.2) is 19.2 Å². The lowest BCUT2D eigenvalue weighted by atomic mass is 9.76. The van der Waals surface area contributed by atoms with E-state index in [2.05, 4.69) is 57.3 Å². The first-order chi connectivity index (χ1) is 9.15. The Morgan fingerprint density at radius 1 is 1.32 bits per heavy atom. The Labute approximate surface area is 117 Å². The van der Waals surface area contributed by atoms with E-state index in [9.17, 15) is 0 Å². The zero-order valence-corrected chi connectivity index (χ0v) is 12.6. The molecule has 0 saturated heterocycles. The number of ether oxygens (including phenoxy) is 1. The maximum absolute atomic E-state index is 5.87. The number of rotatable bonds is 5. The number of hydrogen-bond donors (Lipinski definition) is 1. The highest BCUT2D eigenvalue weighted by Gasteiger charge is 2.35. The van der Waals surface area contributed by atoms with E-state index in [-0.39, 0.29) is 0 Å². The molecular weight excluding hydrogens is 234 g/mol. The van der Waals surface area contributed by atoms with Crippen LogP contribution in [0.25, 0.3) is 0 Å². The molecule has 1 N–H and O–H groups in total. The Morgan fingerprint density at radius 3 is 2.74 bits per heavy atom. The topological polar surface area (TPSA) is 21.3 Å². The third-order valence-corrected chi connectivity index (χ3v) is 4.13. The third kappa shape index (κ3) is 3.11. The Morgan fingerprint density at radius 2 is 2.05 bits per heavy atom. The number of benzene rings is 1. The second kappa shape index (κ2) is 6.42. The van der Waals surface area contributed by atoms with Gasteiger partial charge < -0.3 is 10.1 Å². The number of nitrogens with one attached hydrogen (secondary N) is 1. The van der Waals surface area contributed by atoms with Gasteiger partial charge in [0, 0.05) is 12.0 Å². The highest BCUT2D eigenvalue weighted by molar-refractivity contribution is 5.39. The molecule has 3 unspecified atom stereocenters. The maximum Gasteiger partial charge on any atom is 0.122 e. The van der Waals surface area contributed by atoms with Gasteiger partial charge in [-0.1, -0.05) is 45.9 Å². The van der Waals surface area contributed by atoms with Gasteiger partial charge in [0.25, 0.3) is 0 Å². The molecule has 0 spiro atoms. The third-order valence-electron chi connectivity index (χ3n) is 4.13. The van der Waals surface area contributed by atoms with Gasteiger partial charge in [-0.3, -0.25) is 0 Å². The van der Waals surface area contributed by atoms with Gasteiger partial charge in [0.2, 0.25) is 0 Å². The van der Waals surface area contributed by atoms with Crippen molar-refractivity contribution < 1.29 is 4.74 Å². The summed E-state index contributed by atoms with van der Waals surface area (Å²) in [4.78, 5) is 0. The maximum atomic E-state index is 5.87. The summed E-state index contributed by atoms with van der Waals surface area (Å²) in [7, 11) is 0. The van der Waals surface area contributed by atoms with Gasteiger partial charge in [-0.2, -0.15) is 0 Å².